The third kappa shape index (κ3) is 1.97. The van der Waals surface area contributed by atoms with Crippen molar-refractivity contribution in [1.29, 1.82) is 0 Å². The molecule has 0 saturated heterocycles. The number of anilines is 1. The van der Waals surface area contributed by atoms with Crippen molar-refractivity contribution < 1.29 is 4.79 Å². The summed E-state index contributed by atoms with van der Waals surface area (Å²) < 4.78 is 3.16. The first-order valence-electron chi connectivity index (χ1n) is 8.48. The molecule has 1 aliphatic heterocycles. The number of fused-ring (bicyclic) bond motifs is 2. The van der Waals surface area contributed by atoms with Crippen LogP contribution in [-0.4, -0.2) is 15.7 Å². The van der Waals surface area contributed by atoms with Crippen LogP contribution in [0.4, 0.5) is 5.82 Å². The minimum Gasteiger partial charge on any atom is -0.311 e. The van der Waals surface area contributed by atoms with Crippen molar-refractivity contribution in [2.45, 2.75) is 38.0 Å². The molecular formula is C19H19N3OS. The first-order chi connectivity index (χ1) is 11.6. The third-order valence-corrected chi connectivity index (χ3v) is 6.66. The van der Waals surface area contributed by atoms with Gasteiger partial charge in [0, 0.05) is 40.4 Å². The Morgan fingerprint density at radius 1 is 1.29 bits per heavy atom. The second kappa shape index (κ2) is 4.93. The molecule has 1 fully saturated rings. The molecule has 1 aliphatic carbocycles. The number of aromatic nitrogens is 2. The predicted molar refractivity (Wildman–Crippen MR) is 96.8 cm³/mol. The Kier molecular flexibility index (Phi) is 2.92. The summed E-state index contributed by atoms with van der Waals surface area (Å²) in [5.74, 6) is 1.70. The number of nitrogens with zero attached hydrogens (tertiary/aromatic N) is 2. The summed E-state index contributed by atoms with van der Waals surface area (Å²) in [5.41, 5.74) is 3.77. The maximum Gasteiger partial charge on any atom is 0.226 e. The van der Waals surface area contributed by atoms with Gasteiger partial charge >= 0.3 is 0 Å². The second-order valence-corrected chi connectivity index (χ2v) is 8.02. The van der Waals surface area contributed by atoms with Crippen molar-refractivity contribution in [3.8, 4) is 0 Å². The van der Waals surface area contributed by atoms with Crippen molar-refractivity contribution in [2.24, 2.45) is 7.05 Å². The average Bonchev–Trinajstić information content (AvgIpc) is 3.30. The fourth-order valence-corrected chi connectivity index (χ4v) is 5.25. The first-order valence-corrected chi connectivity index (χ1v) is 9.29. The van der Waals surface area contributed by atoms with Crippen LogP contribution >= 0.6 is 11.3 Å². The molecule has 122 valence electrons. The zero-order chi connectivity index (χ0) is 16.4. The molecule has 24 heavy (non-hydrogen) atoms. The highest BCUT2D eigenvalue weighted by atomic mass is 32.1. The van der Waals surface area contributed by atoms with Crippen molar-refractivity contribution >= 4 is 33.1 Å². The van der Waals surface area contributed by atoms with Gasteiger partial charge in [-0.1, -0.05) is 18.2 Å². The smallest absolute Gasteiger partial charge is 0.226 e. The highest BCUT2D eigenvalue weighted by molar-refractivity contribution is 7.19. The lowest BCUT2D eigenvalue weighted by Crippen LogP contribution is -2.24. The van der Waals surface area contributed by atoms with Crippen LogP contribution < -0.4 is 5.32 Å². The number of hydrogen-bond donors (Lipinski definition) is 1. The molecule has 1 amide bonds. The van der Waals surface area contributed by atoms with Crippen LogP contribution in [0.3, 0.4) is 0 Å². The number of benzene rings is 1. The highest BCUT2D eigenvalue weighted by Crippen LogP contribution is 2.50. The third-order valence-electron chi connectivity index (χ3n) is 5.27. The number of hydrogen-bond acceptors (Lipinski definition) is 3. The summed E-state index contributed by atoms with van der Waals surface area (Å²) in [6.45, 7) is 2.19. The molecule has 5 heteroatoms. The SMILES string of the molecule is Cc1c([C@H]2CC(=O)Nc3c2c(C2CC2)nn3C)sc2ccccc12. The van der Waals surface area contributed by atoms with Gasteiger partial charge in [-0.25, -0.2) is 0 Å². The Balaban J connectivity index is 1.74. The number of carbonyl (C=O) groups is 1. The Morgan fingerprint density at radius 3 is 2.83 bits per heavy atom. The van der Waals surface area contributed by atoms with Crippen LogP contribution in [0.15, 0.2) is 24.3 Å². The topological polar surface area (TPSA) is 46.9 Å². The fraction of sp³-hybridized carbons (Fsp3) is 0.368. The van der Waals surface area contributed by atoms with Crippen LogP contribution in [0, 0.1) is 6.92 Å². The molecular weight excluding hydrogens is 318 g/mol. The van der Waals surface area contributed by atoms with Crippen molar-refractivity contribution in [3.63, 3.8) is 0 Å². The van der Waals surface area contributed by atoms with Gasteiger partial charge in [0.15, 0.2) is 0 Å². The quantitative estimate of drug-likeness (QED) is 0.758. The van der Waals surface area contributed by atoms with Gasteiger partial charge in [-0.2, -0.15) is 5.10 Å². The molecule has 1 N–H and O–H groups in total. The van der Waals surface area contributed by atoms with Crippen molar-refractivity contribution in [2.75, 3.05) is 5.32 Å². The molecule has 2 aromatic heterocycles. The van der Waals surface area contributed by atoms with E-state index in [9.17, 15) is 4.79 Å². The van der Waals surface area contributed by atoms with Gasteiger partial charge in [-0.05, 0) is 36.8 Å². The van der Waals surface area contributed by atoms with Gasteiger partial charge in [0.05, 0.1) is 5.69 Å². The lowest BCUT2D eigenvalue weighted by atomic mass is 9.87. The van der Waals surface area contributed by atoms with E-state index in [1.54, 1.807) is 0 Å². The Morgan fingerprint density at radius 2 is 2.08 bits per heavy atom. The lowest BCUT2D eigenvalue weighted by Gasteiger charge is -2.24. The molecule has 1 saturated carbocycles. The number of rotatable bonds is 2. The summed E-state index contributed by atoms with van der Waals surface area (Å²) in [7, 11) is 1.94. The van der Waals surface area contributed by atoms with Crippen LogP contribution in [0.25, 0.3) is 10.1 Å². The average molecular weight is 337 g/mol. The maximum atomic E-state index is 12.3. The molecule has 0 unspecified atom stereocenters. The van der Waals surface area contributed by atoms with Gasteiger partial charge in [0.2, 0.25) is 5.91 Å². The molecule has 2 aliphatic rings. The minimum atomic E-state index is 0.0923. The number of nitrogens with one attached hydrogen (secondary N) is 1. The predicted octanol–water partition coefficient (Wildman–Crippen LogP) is 4.29. The van der Waals surface area contributed by atoms with E-state index in [0.29, 0.717) is 12.3 Å². The van der Waals surface area contributed by atoms with Crippen LogP contribution in [0.2, 0.25) is 0 Å². The first kappa shape index (κ1) is 14.2. The van der Waals surface area contributed by atoms with Gasteiger partial charge in [0.25, 0.3) is 0 Å². The molecule has 1 atom stereocenters. The van der Waals surface area contributed by atoms with E-state index in [4.69, 9.17) is 5.10 Å². The van der Waals surface area contributed by atoms with E-state index in [2.05, 4.69) is 36.5 Å². The van der Waals surface area contributed by atoms with E-state index in [-0.39, 0.29) is 11.8 Å². The minimum absolute atomic E-state index is 0.0923. The molecule has 0 bridgehead atoms. The highest BCUT2D eigenvalue weighted by Gasteiger charge is 2.39. The maximum absolute atomic E-state index is 12.3. The monoisotopic (exact) mass is 337 g/mol. The van der Waals surface area contributed by atoms with Crippen LogP contribution in [-0.2, 0) is 11.8 Å². The number of thiophene rings is 1. The van der Waals surface area contributed by atoms with Crippen molar-refractivity contribution in [1.82, 2.24) is 9.78 Å². The Hall–Kier alpha value is -2.14. The number of amides is 1. The Labute approximate surface area is 144 Å². The number of carbonyl (C=O) groups excluding carboxylic acids is 1. The molecule has 0 spiro atoms. The van der Waals surface area contributed by atoms with E-state index >= 15 is 0 Å². The zero-order valence-corrected chi connectivity index (χ0v) is 14.6. The lowest BCUT2D eigenvalue weighted by molar-refractivity contribution is -0.116. The largest absolute Gasteiger partial charge is 0.311 e. The zero-order valence-electron chi connectivity index (χ0n) is 13.8. The Bertz CT molecular complexity index is 980. The molecule has 4 nitrogen and oxygen atoms in total. The standard InChI is InChI=1S/C19H19N3OS/c1-10-12-5-3-4-6-14(12)24-18(10)13-9-15(23)20-19-16(13)17(11-7-8-11)21-22(19)2/h3-6,11,13H,7-9H2,1-2H3,(H,20,23)/t13-/m0/s1. The van der Waals surface area contributed by atoms with Gasteiger partial charge in [0.1, 0.15) is 5.82 Å². The van der Waals surface area contributed by atoms with E-state index in [1.807, 2.05) is 23.1 Å². The van der Waals surface area contributed by atoms with Crippen LogP contribution in [0.1, 0.15) is 52.8 Å². The fourth-order valence-electron chi connectivity index (χ4n) is 3.93. The van der Waals surface area contributed by atoms with Crippen LogP contribution in [0.5, 0.6) is 0 Å². The molecule has 1 aromatic carbocycles. The molecule has 3 heterocycles. The normalized spacial score (nSPS) is 20.2. The summed E-state index contributed by atoms with van der Waals surface area (Å²) in [6, 6.07) is 8.52. The number of aryl methyl sites for hydroxylation is 2. The van der Waals surface area contributed by atoms with Gasteiger partial charge in [-0.3, -0.25) is 9.48 Å². The van der Waals surface area contributed by atoms with E-state index in [1.165, 1.54) is 44.6 Å². The van der Waals surface area contributed by atoms with Gasteiger partial charge in [-0.15, -0.1) is 11.3 Å². The second-order valence-electron chi connectivity index (χ2n) is 6.94. The molecule has 3 aromatic rings. The summed E-state index contributed by atoms with van der Waals surface area (Å²) in [5, 5.41) is 9.11. The summed E-state index contributed by atoms with van der Waals surface area (Å²) in [4.78, 5) is 13.7. The van der Waals surface area contributed by atoms with Gasteiger partial charge < -0.3 is 5.32 Å². The molecule has 0 radical (unpaired) electrons. The summed E-state index contributed by atoms with van der Waals surface area (Å²) in [6.07, 6.45) is 2.96. The van der Waals surface area contributed by atoms with Crippen molar-refractivity contribution in [3.05, 3.63) is 46.0 Å². The molecule has 5 rings (SSSR count). The van der Waals surface area contributed by atoms with E-state index in [0.717, 1.165) is 5.82 Å². The summed E-state index contributed by atoms with van der Waals surface area (Å²) >= 11 is 1.83. The van der Waals surface area contributed by atoms with E-state index < -0.39 is 0 Å².